The third-order valence-corrected chi connectivity index (χ3v) is 11.0. The van der Waals surface area contributed by atoms with Crippen molar-refractivity contribution in [2.75, 3.05) is 0 Å². The molecule has 1 spiro atoms. The van der Waals surface area contributed by atoms with Gasteiger partial charge in [0.15, 0.2) is 17.2 Å². The topological polar surface area (TPSA) is 127 Å². The van der Waals surface area contributed by atoms with Gasteiger partial charge in [0, 0.05) is 17.3 Å². The number of ketones is 2. The number of esters is 1. The predicted octanol–water partition coefficient (Wildman–Crippen LogP) is 3.18. The standard InChI is InChI=1S/C27H32N2O5/c1-6-26-10-8-17-23(3)9-7-16-24(4,12-15(13-28)20(31)25(16,5)21(29)32)18(23)11-19(30)27(17,14(26)2)34-22(26)33/h11-12,14,16-17H,6-10H2,1-5H3,(H2,29,32)/t14?,16-,17?,23+,24+,25+,26+,27+/m1/s1. The van der Waals surface area contributed by atoms with Crippen LogP contribution in [0.1, 0.15) is 66.7 Å². The van der Waals surface area contributed by atoms with Crippen LogP contribution in [0.4, 0.5) is 0 Å². The quantitative estimate of drug-likeness (QED) is 0.494. The van der Waals surface area contributed by atoms with Gasteiger partial charge in [-0.2, -0.15) is 5.26 Å². The van der Waals surface area contributed by atoms with Crippen LogP contribution in [0.5, 0.6) is 0 Å². The molecular formula is C27H32N2O5. The van der Waals surface area contributed by atoms with Gasteiger partial charge in [-0.15, -0.1) is 0 Å². The minimum absolute atomic E-state index is 0.0905. The molecule has 180 valence electrons. The van der Waals surface area contributed by atoms with E-state index in [1.54, 1.807) is 12.2 Å². The van der Waals surface area contributed by atoms with Crippen molar-refractivity contribution in [3.8, 4) is 6.07 Å². The van der Waals surface area contributed by atoms with Crippen molar-refractivity contribution in [2.24, 2.45) is 45.1 Å². The highest BCUT2D eigenvalue weighted by Crippen LogP contribution is 2.72. The third kappa shape index (κ3) is 2.15. The highest BCUT2D eigenvalue weighted by Gasteiger charge is 2.76. The van der Waals surface area contributed by atoms with Gasteiger partial charge < -0.3 is 10.5 Å². The lowest BCUT2D eigenvalue weighted by Crippen LogP contribution is -2.66. The molecule has 0 radical (unpaired) electrons. The van der Waals surface area contributed by atoms with Gasteiger partial charge in [0.25, 0.3) is 0 Å². The van der Waals surface area contributed by atoms with Crippen LogP contribution in [-0.4, -0.2) is 29.0 Å². The Kier molecular flexibility index (Phi) is 4.38. The fraction of sp³-hybridized carbons (Fsp3) is 0.667. The number of fused-ring (bicyclic) bond motifs is 5. The van der Waals surface area contributed by atoms with Gasteiger partial charge in [0.1, 0.15) is 11.5 Å². The van der Waals surface area contributed by atoms with E-state index in [0.29, 0.717) is 32.1 Å². The molecule has 2 bridgehead atoms. The van der Waals surface area contributed by atoms with Gasteiger partial charge in [-0.05, 0) is 56.4 Å². The van der Waals surface area contributed by atoms with Gasteiger partial charge >= 0.3 is 5.97 Å². The maximum Gasteiger partial charge on any atom is 0.313 e. The van der Waals surface area contributed by atoms with Gasteiger partial charge in [0.05, 0.1) is 11.0 Å². The first-order valence-corrected chi connectivity index (χ1v) is 12.3. The van der Waals surface area contributed by atoms with Crippen LogP contribution >= 0.6 is 0 Å². The van der Waals surface area contributed by atoms with Crippen LogP contribution < -0.4 is 5.73 Å². The molecule has 0 aromatic heterocycles. The molecular weight excluding hydrogens is 432 g/mol. The Morgan fingerprint density at radius 1 is 1.18 bits per heavy atom. The summed E-state index contributed by atoms with van der Waals surface area (Å²) in [7, 11) is 0. The van der Waals surface area contributed by atoms with Crippen LogP contribution in [0.15, 0.2) is 23.3 Å². The number of nitriles is 1. The van der Waals surface area contributed by atoms with E-state index in [4.69, 9.17) is 10.5 Å². The molecule has 1 saturated heterocycles. The van der Waals surface area contributed by atoms with Crippen molar-refractivity contribution >= 4 is 23.4 Å². The average Bonchev–Trinajstić information content (AvgIpc) is 2.90. The molecule has 1 heterocycles. The normalized spacial score (nSPS) is 49.1. The Hall–Kier alpha value is -2.75. The lowest BCUT2D eigenvalue weighted by Gasteiger charge is -2.63. The van der Waals surface area contributed by atoms with Crippen molar-refractivity contribution in [1.29, 1.82) is 5.26 Å². The van der Waals surface area contributed by atoms with E-state index in [9.17, 15) is 24.4 Å². The second-order valence-corrected chi connectivity index (χ2v) is 11.8. The van der Waals surface area contributed by atoms with Gasteiger partial charge in [-0.3, -0.25) is 19.2 Å². The molecule has 5 aliphatic rings. The van der Waals surface area contributed by atoms with Crippen LogP contribution in [0.2, 0.25) is 0 Å². The number of Topliss-reactive ketones (excluding diaryl/α,β-unsaturated/α-hetero) is 1. The summed E-state index contributed by atoms with van der Waals surface area (Å²) in [6.45, 7) is 9.54. The van der Waals surface area contributed by atoms with Crippen molar-refractivity contribution in [3.05, 3.63) is 23.3 Å². The molecule has 4 aliphatic carbocycles. The summed E-state index contributed by atoms with van der Waals surface area (Å²) >= 11 is 0. The highest BCUT2D eigenvalue weighted by molar-refractivity contribution is 6.16. The molecule has 8 atom stereocenters. The van der Waals surface area contributed by atoms with Crippen LogP contribution in [0.3, 0.4) is 0 Å². The number of rotatable bonds is 2. The first-order valence-electron chi connectivity index (χ1n) is 12.3. The number of amides is 1. The number of allylic oxidation sites excluding steroid dienone is 3. The smallest absolute Gasteiger partial charge is 0.313 e. The Labute approximate surface area is 199 Å². The molecule has 5 rings (SSSR count). The van der Waals surface area contributed by atoms with Gasteiger partial charge in [0.2, 0.25) is 5.91 Å². The number of carbonyl (C=O) groups excluding carboxylic acids is 4. The SMILES string of the molecule is CC[C@@]12CCC3[C@](OC1=O)(C(=O)C=C1[C@@]3(C)CC[C@H]3[C@](C)(C(N)=O)C(=O)C(C#N)=C[C@]13C)C2C. The predicted molar refractivity (Wildman–Crippen MR) is 121 cm³/mol. The highest BCUT2D eigenvalue weighted by atomic mass is 16.6. The molecule has 7 nitrogen and oxygen atoms in total. The number of ether oxygens (including phenoxy) is 1. The summed E-state index contributed by atoms with van der Waals surface area (Å²) in [4.78, 5) is 52.9. The molecule has 2 N–H and O–H groups in total. The monoisotopic (exact) mass is 464 g/mol. The molecule has 1 aliphatic heterocycles. The summed E-state index contributed by atoms with van der Waals surface area (Å²) in [5.41, 5.74) is 1.79. The van der Waals surface area contributed by atoms with E-state index in [1.165, 1.54) is 6.92 Å². The largest absolute Gasteiger partial charge is 0.450 e. The first kappa shape index (κ1) is 23.0. The van der Waals surface area contributed by atoms with Crippen LogP contribution in [-0.2, 0) is 23.9 Å². The molecule has 1 amide bonds. The van der Waals surface area contributed by atoms with Gasteiger partial charge in [-0.1, -0.05) is 39.3 Å². The maximum absolute atomic E-state index is 13.9. The van der Waals surface area contributed by atoms with Crippen molar-refractivity contribution in [3.63, 3.8) is 0 Å². The van der Waals surface area contributed by atoms with E-state index in [0.717, 1.165) is 5.57 Å². The van der Waals surface area contributed by atoms with E-state index in [1.807, 2.05) is 26.8 Å². The first-order chi connectivity index (χ1) is 15.8. The summed E-state index contributed by atoms with van der Waals surface area (Å²) in [5, 5.41) is 9.75. The number of primary amides is 1. The summed E-state index contributed by atoms with van der Waals surface area (Å²) in [6, 6.07) is 1.97. The van der Waals surface area contributed by atoms with E-state index in [2.05, 4.69) is 6.92 Å². The minimum Gasteiger partial charge on any atom is -0.450 e. The zero-order valence-corrected chi connectivity index (χ0v) is 20.5. The summed E-state index contributed by atoms with van der Waals surface area (Å²) in [5.74, 6) is -2.69. The average molecular weight is 465 g/mol. The number of nitrogens with two attached hydrogens (primary N) is 1. The number of carbonyl (C=O) groups is 4. The summed E-state index contributed by atoms with van der Waals surface area (Å²) in [6.07, 6.45) is 6.43. The molecule has 2 unspecified atom stereocenters. The van der Waals surface area contributed by atoms with E-state index >= 15 is 0 Å². The number of nitrogens with zero attached hydrogens (tertiary/aromatic N) is 1. The lowest BCUT2D eigenvalue weighted by molar-refractivity contribution is -0.174. The van der Waals surface area contributed by atoms with E-state index < -0.39 is 44.9 Å². The second-order valence-electron chi connectivity index (χ2n) is 11.8. The zero-order chi connectivity index (χ0) is 25.1. The molecule has 0 aromatic carbocycles. The van der Waals surface area contributed by atoms with Crippen molar-refractivity contribution < 1.29 is 23.9 Å². The Morgan fingerprint density at radius 3 is 2.41 bits per heavy atom. The number of hydrogen-bond donors (Lipinski definition) is 1. The van der Waals surface area contributed by atoms with Gasteiger partial charge in [-0.25, -0.2) is 0 Å². The fourth-order valence-corrected chi connectivity index (χ4v) is 8.94. The Bertz CT molecular complexity index is 1180. The molecule has 2 saturated carbocycles. The Morgan fingerprint density at radius 2 is 1.82 bits per heavy atom. The van der Waals surface area contributed by atoms with Crippen molar-refractivity contribution in [1.82, 2.24) is 0 Å². The molecule has 34 heavy (non-hydrogen) atoms. The maximum atomic E-state index is 13.9. The lowest BCUT2D eigenvalue weighted by atomic mass is 9.39. The van der Waals surface area contributed by atoms with Crippen LogP contribution in [0.25, 0.3) is 0 Å². The number of hydrogen-bond acceptors (Lipinski definition) is 6. The van der Waals surface area contributed by atoms with Crippen molar-refractivity contribution in [2.45, 2.75) is 72.3 Å². The third-order valence-electron chi connectivity index (χ3n) is 11.0. The van der Waals surface area contributed by atoms with Crippen LogP contribution in [0, 0.1) is 50.7 Å². The Balaban J connectivity index is 1.75. The second kappa shape index (κ2) is 6.47. The fourth-order valence-electron chi connectivity index (χ4n) is 8.94. The molecule has 0 aromatic rings. The molecule has 7 heteroatoms. The summed E-state index contributed by atoms with van der Waals surface area (Å²) < 4.78 is 6.09. The molecule has 3 fully saturated rings. The van der Waals surface area contributed by atoms with E-state index in [-0.39, 0.29) is 29.2 Å². The zero-order valence-electron chi connectivity index (χ0n) is 20.5. The minimum atomic E-state index is -1.54.